The Hall–Kier alpha value is -1.10. The number of benzene rings is 1. The molecule has 5 heteroatoms. The van der Waals surface area contributed by atoms with Gasteiger partial charge in [0, 0.05) is 0 Å². The van der Waals surface area contributed by atoms with Gasteiger partial charge in [-0.25, -0.2) is 4.39 Å². The van der Waals surface area contributed by atoms with Gasteiger partial charge in [-0.2, -0.15) is 13.2 Å². The Balaban J connectivity index is 3.07. The van der Waals surface area contributed by atoms with Gasteiger partial charge in [-0.05, 0) is 30.2 Å². The number of hydrogen-bond acceptors (Lipinski definition) is 1. The second-order valence-corrected chi connectivity index (χ2v) is 3.08. The van der Waals surface area contributed by atoms with E-state index in [2.05, 4.69) is 0 Å². The molecule has 0 unspecified atom stereocenters. The van der Waals surface area contributed by atoms with Crippen LogP contribution < -0.4 is 5.73 Å². The van der Waals surface area contributed by atoms with Crippen molar-refractivity contribution in [1.29, 1.82) is 0 Å². The Morgan fingerprint density at radius 3 is 2.21 bits per heavy atom. The molecule has 0 fully saturated rings. The molecule has 1 aromatic rings. The van der Waals surface area contributed by atoms with E-state index in [1.807, 2.05) is 0 Å². The van der Waals surface area contributed by atoms with Gasteiger partial charge in [0.15, 0.2) is 0 Å². The highest BCUT2D eigenvalue weighted by Gasteiger charge is 2.37. The van der Waals surface area contributed by atoms with E-state index in [-0.39, 0.29) is 5.56 Å². The molecule has 78 valence electrons. The Morgan fingerprint density at radius 1 is 1.21 bits per heavy atom. The first kappa shape index (κ1) is 11.0. The fourth-order valence-corrected chi connectivity index (χ4v) is 1.13. The van der Waals surface area contributed by atoms with Gasteiger partial charge >= 0.3 is 6.18 Å². The van der Waals surface area contributed by atoms with E-state index >= 15 is 0 Å². The second-order valence-electron chi connectivity index (χ2n) is 3.08. The highest BCUT2D eigenvalue weighted by molar-refractivity contribution is 5.26. The molecular weight excluding hydrogens is 198 g/mol. The largest absolute Gasteiger partial charge is 0.407 e. The molecule has 0 aliphatic carbocycles. The minimum atomic E-state index is -4.54. The fraction of sp³-hybridized carbons (Fsp3) is 0.333. The fourth-order valence-electron chi connectivity index (χ4n) is 1.13. The van der Waals surface area contributed by atoms with Crippen molar-refractivity contribution in [2.24, 2.45) is 5.73 Å². The summed E-state index contributed by atoms with van der Waals surface area (Å²) >= 11 is 0. The lowest BCUT2D eigenvalue weighted by Gasteiger charge is -2.16. The predicted octanol–water partition coefficient (Wildman–Crippen LogP) is 2.70. The molecule has 14 heavy (non-hydrogen) atoms. The van der Waals surface area contributed by atoms with Crippen LogP contribution >= 0.6 is 0 Å². The summed E-state index contributed by atoms with van der Waals surface area (Å²) in [6, 6.07) is 1.04. The van der Waals surface area contributed by atoms with Crippen LogP contribution in [0.4, 0.5) is 17.6 Å². The molecule has 1 aromatic carbocycles. The van der Waals surface area contributed by atoms with Crippen molar-refractivity contribution in [3.8, 4) is 0 Å². The average Bonchev–Trinajstić information content (AvgIpc) is 1.99. The molecule has 0 heterocycles. The maximum absolute atomic E-state index is 12.8. The van der Waals surface area contributed by atoms with Crippen molar-refractivity contribution >= 4 is 0 Å². The zero-order chi connectivity index (χ0) is 10.9. The molecule has 0 saturated carbocycles. The van der Waals surface area contributed by atoms with Crippen molar-refractivity contribution in [2.45, 2.75) is 19.1 Å². The highest BCUT2D eigenvalue weighted by atomic mass is 19.4. The van der Waals surface area contributed by atoms with E-state index in [0.29, 0.717) is 5.56 Å². The Bertz CT molecular complexity index is 312. The molecule has 1 rings (SSSR count). The van der Waals surface area contributed by atoms with Crippen molar-refractivity contribution in [3.05, 3.63) is 35.1 Å². The SMILES string of the molecule is Cc1cc(F)cc([C@H](N)C(F)(F)F)c1. The molecule has 1 nitrogen and oxygen atoms in total. The van der Waals surface area contributed by atoms with Crippen LogP contribution in [0, 0.1) is 12.7 Å². The van der Waals surface area contributed by atoms with E-state index < -0.39 is 18.0 Å². The molecular formula is C9H9F4N. The number of hydrogen-bond donors (Lipinski definition) is 1. The maximum atomic E-state index is 12.8. The Kier molecular flexibility index (Phi) is 2.80. The predicted molar refractivity (Wildman–Crippen MR) is 44.1 cm³/mol. The molecule has 0 radical (unpaired) electrons. The van der Waals surface area contributed by atoms with E-state index in [4.69, 9.17) is 5.73 Å². The third-order valence-corrected chi connectivity index (χ3v) is 1.78. The van der Waals surface area contributed by atoms with Crippen LogP contribution in [0.1, 0.15) is 17.2 Å². The molecule has 0 amide bonds. The quantitative estimate of drug-likeness (QED) is 0.704. The number of alkyl halides is 3. The molecule has 0 bridgehead atoms. The van der Waals surface area contributed by atoms with Crippen LogP contribution in [0.25, 0.3) is 0 Å². The van der Waals surface area contributed by atoms with Gasteiger partial charge in [0.1, 0.15) is 11.9 Å². The smallest absolute Gasteiger partial charge is 0.316 e. The van der Waals surface area contributed by atoms with Gasteiger partial charge in [0.2, 0.25) is 0 Å². The van der Waals surface area contributed by atoms with Gasteiger partial charge in [0.05, 0.1) is 0 Å². The summed E-state index contributed by atoms with van der Waals surface area (Å²) in [5.41, 5.74) is 5.08. The first-order valence-corrected chi connectivity index (χ1v) is 3.90. The number of aryl methyl sites for hydroxylation is 1. The van der Waals surface area contributed by atoms with Crippen LogP contribution in [0.3, 0.4) is 0 Å². The Morgan fingerprint density at radius 2 is 1.79 bits per heavy atom. The third kappa shape index (κ3) is 2.45. The van der Waals surface area contributed by atoms with E-state index in [1.54, 1.807) is 0 Å². The standard InChI is InChI=1S/C9H9F4N/c1-5-2-6(4-7(10)3-5)8(14)9(11,12)13/h2-4,8H,14H2,1H3/t8-/m0/s1. The number of nitrogens with two attached hydrogens (primary N) is 1. The average molecular weight is 207 g/mol. The molecule has 0 spiro atoms. The van der Waals surface area contributed by atoms with Crippen molar-refractivity contribution in [2.75, 3.05) is 0 Å². The lowest BCUT2D eigenvalue weighted by molar-refractivity contribution is -0.149. The lowest BCUT2D eigenvalue weighted by atomic mass is 10.0. The van der Waals surface area contributed by atoms with Crippen LogP contribution in [0.15, 0.2) is 18.2 Å². The van der Waals surface area contributed by atoms with Crippen molar-refractivity contribution < 1.29 is 17.6 Å². The topological polar surface area (TPSA) is 26.0 Å². The molecule has 1 atom stereocenters. The van der Waals surface area contributed by atoms with Gasteiger partial charge in [-0.1, -0.05) is 6.07 Å². The second kappa shape index (κ2) is 3.57. The van der Waals surface area contributed by atoms with E-state index in [1.165, 1.54) is 13.0 Å². The zero-order valence-corrected chi connectivity index (χ0v) is 7.40. The monoisotopic (exact) mass is 207 g/mol. The summed E-state index contributed by atoms with van der Waals surface area (Å²) in [5, 5.41) is 0. The minimum absolute atomic E-state index is 0.255. The summed E-state index contributed by atoms with van der Waals surface area (Å²) in [6.07, 6.45) is -4.54. The molecule has 0 aliphatic rings. The Labute approximate surface area is 78.5 Å². The minimum Gasteiger partial charge on any atom is -0.316 e. The zero-order valence-electron chi connectivity index (χ0n) is 7.40. The lowest BCUT2D eigenvalue weighted by Crippen LogP contribution is -2.28. The molecule has 0 aliphatic heterocycles. The molecule has 0 saturated heterocycles. The van der Waals surface area contributed by atoms with E-state index in [0.717, 1.165) is 12.1 Å². The summed E-state index contributed by atoms with van der Waals surface area (Å²) in [7, 11) is 0. The summed E-state index contributed by atoms with van der Waals surface area (Å²) < 4.78 is 49.2. The highest BCUT2D eigenvalue weighted by Crippen LogP contribution is 2.30. The van der Waals surface area contributed by atoms with Gasteiger partial charge in [0.25, 0.3) is 0 Å². The first-order valence-electron chi connectivity index (χ1n) is 3.90. The van der Waals surface area contributed by atoms with Gasteiger partial charge in [-0.15, -0.1) is 0 Å². The molecule has 2 N–H and O–H groups in total. The maximum Gasteiger partial charge on any atom is 0.407 e. The molecule has 0 aromatic heterocycles. The van der Waals surface area contributed by atoms with Crippen LogP contribution in [0.2, 0.25) is 0 Å². The van der Waals surface area contributed by atoms with Gasteiger partial charge in [-0.3, -0.25) is 0 Å². The van der Waals surface area contributed by atoms with Crippen LogP contribution in [-0.4, -0.2) is 6.18 Å². The summed E-state index contributed by atoms with van der Waals surface area (Å²) in [6.45, 7) is 1.51. The summed E-state index contributed by atoms with van der Waals surface area (Å²) in [5.74, 6) is -0.709. The third-order valence-electron chi connectivity index (χ3n) is 1.78. The van der Waals surface area contributed by atoms with Gasteiger partial charge < -0.3 is 5.73 Å². The van der Waals surface area contributed by atoms with Crippen molar-refractivity contribution in [3.63, 3.8) is 0 Å². The van der Waals surface area contributed by atoms with Crippen LogP contribution in [0.5, 0.6) is 0 Å². The van der Waals surface area contributed by atoms with Crippen molar-refractivity contribution in [1.82, 2.24) is 0 Å². The first-order chi connectivity index (χ1) is 6.30. The number of rotatable bonds is 1. The summed E-state index contributed by atoms with van der Waals surface area (Å²) in [4.78, 5) is 0. The van der Waals surface area contributed by atoms with Crippen LogP contribution in [-0.2, 0) is 0 Å². The van der Waals surface area contributed by atoms with E-state index in [9.17, 15) is 17.6 Å². The normalized spacial score (nSPS) is 14.1. The number of halogens is 4.